The molecule has 3 atom stereocenters. The zero-order valence-corrected chi connectivity index (χ0v) is 15.8. The van der Waals surface area contributed by atoms with Crippen molar-refractivity contribution < 1.29 is 14.6 Å². The third-order valence-electron chi connectivity index (χ3n) is 6.57. The fourth-order valence-electron chi connectivity index (χ4n) is 5.33. The van der Waals surface area contributed by atoms with Gasteiger partial charge in [0.1, 0.15) is 6.10 Å². The molecule has 1 aromatic rings. The average Bonchev–Trinajstić information content (AvgIpc) is 3.29. The van der Waals surface area contributed by atoms with Gasteiger partial charge in [-0.25, -0.2) is 4.79 Å². The van der Waals surface area contributed by atoms with Crippen LogP contribution < -0.4 is 0 Å². The number of ether oxygens (including phenoxy) is 1. The lowest BCUT2D eigenvalue weighted by molar-refractivity contribution is -0.191. The summed E-state index contributed by atoms with van der Waals surface area (Å²) in [7, 11) is 2.16. The van der Waals surface area contributed by atoms with E-state index in [2.05, 4.69) is 11.9 Å². The number of thiophene rings is 1. The lowest BCUT2D eigenvalue weighted by atomic mass is 9.75. The molecule has 1 unspecified atom stereocenters. The van der Waals surface area contributed by atoms with E-state index in [1.165, 1.54) is 17.8 Å². The van der Waals surface area contributed by atoms with E-state index in [1.807, 2.05) is 17.5 Å². The van der Waals surface area contributed by atoms with E-state index in [9.17, 15) is 9.90 Å². The monoisotopic (exact) mass is 363 g/mol. The molecule has 4 nitrogen and oxygen atoms in total. The summed E-state index contributed by atoms with van der Waals surface area (Å²) in [6.45, 7) is 1.99. The third-order valence-corrected chi connectivity index (χ3v) is 7.56. The van der Waals surface area contributed by atoms with Crippen LogP contribution in [0.4, 0.5) is 0 Å². The van der Waals surface area contributed by atoms with Crippen LogP contribution in [0.15, 0.2) is 17.5 Å². The topological polar surface area (TPSA) is 49.8 Å². The SMILES string of the molecule is CN1C[C@H]2CCC[C@H](C1)C2OC(=O)C(O)(c1cccs1)C1CCCC1. The second-order valence-electron chi connectivity index (χ2n) is 8.27. The first-order chi connectivity index (χ1) is 12.1. The number of hydrogen-bond donors (Lipinski definition) is 1. The standard InChI is InChI=1S/C20H29NO3S/c1-21-12-14-6-4-7-15(13-21)18(14)24-19(22)20(23,16-8-2-3-9-16)17-10-5-11-25-17/h5,10-11,14-16,18,23H,2-4,6-9,12-13H2,1H3/t14-,15-,20?/m1/s1. The van der Waals surface area contributed by atoms with Gasteiger partial charge in [0.15, 0.2) is 5.60 Å². The zero-order valence-electron chi connectivity index (χ0n) is 15.0. The Morgan fingerprint density at radius 3 is 2.48 bits per heavy atom. The van der Waals surface area contributed by atoms with Gasteiger partial charge in [-0.1, -0.05) is 25.3 Å². The van der Waals surface area contributed by atoms with Crippen LogP contribution in [0.3, 0.4) is 0 Å². The molecule has 2 aliphatic carbocycles. The second-order valence-corrected chi connectivity index (χ2v) is 9.21. The number of likely N-dealkylation sites (tertiary alicyclic amines) is 1. The van der Waals surface area contributed by atoms with Crippen LogP contribution in [-0.4, -0.2) is 42.2 Å². The van der Waals surface area contributed by atoms with E-state index >= 15 is 0 Å². The smallest absolute Gasteiger partial charge is 0.344 e. The summed E-state index contributed by atoms with van der Waals surface area (Å²) in [5, 5.41) is 13.4. The number of hydrogen-bond acceptors (Lipinski definition) is 5. The summed E-state index contributed by atoms with van der Waals surface area (Å²) >= 11 is 1.47. The highest BCUT2D eigenvalue weighted by Crippen LogP contribution is 2.45. The summed E-state index contributed by atoms with van der Waals surface area (Å²) in [5.74, 6) is 0.424. The summed E-state index contributed by atoms with van der Waals surface area (Å²) in [5.41, 5.74) is -1.46. The summed E-state index contributed by atoms with van der Waals surface area (Å²) in [6.07, 6.45) is 7.45. The van der Waals surface area contributed by atoms with Crippen molar-refractivity contribution in [3.05, 3.63) is 22.4 Å². The molecule has 1 N–H and O–H groups in total. The molecule has 3 aliphatic rings. The van der Waals surface area contributed by atoms with E-state index < -0.39 is 11.6 Å². The number of aliphatic hydroxyl groups is 1. The molecule has 4 rings (SSSR count). The van der Waals surface area contributed by atoms with Gasteiger partial charge in [0.25, 0.3) is 0 Å². The molecule has 1 saturated heterocycles. The summed E-state index contributed by atoms with van der Waals surface area (Å²) < 4.78 is 6.10. The van der Waals surface area contributed by atoms with Crippen LogP contribution in [0.5, 0.6) is 0 Å². The molecule has 1 aromatic heterocycles. The highest BCUT2D eigenvalue weighted by Gasteiger charge is 2.51. The van der Waals surface area contributed by atoms with Crippen molar-refractivity contribution in [3.63, 3.8) is 0 Å². The van der Waals surface area contributed by atoms with Gasteiger partial charge in [0, 0.05) is 35.7 Å². The fraction of sp³-hybridized carbons (Fsp3) is 0.750. The van der Waals surface area contributed by atoms with E-state index in [-0.39, 0.29) is 12.0 Å². The number of carbonyl (C=O) groups is 1. The van der Waals surface area contributed by atoms with Crippen LogP contribution in [0, 0.1) is 17.8 Å². The Morgan fingerprint density at radius 2 is 1.88 bits per heavy atom. The molecule has 3 fully saturated rings. The molecule has 1 aliphatic heterocycles. The largest absolute Gasteiger partial charge is 0.459 e. The Hall–Kier alpha value is -0.910. The number of nitrogens with zero attached hydrogens (tertiary/aromatic N) is 1. The minimum absolute atomic E-state index is 0.00949. The summed E-state index contributed by atoms with van der Waals surface area (Å²) in [4.78, 5) is 16.4. The van der Waals surface area contributed by atoms with Crippen molar-refractivity contribution in [3.8, 4) is 0 Å². The van der Waals surface area contributed by atoms with Crippen LogP contribution in [0.25, 0.3) is 0 Å². The first-order valence-corrected chi connectivity index (χ1v) is 10.6. The molecule has 0 radical (unpaired) electrons. The van der Waals surface area contributed by atoms with E-state index in [1.54, 1.807) is 0 Å². The molecule has 25 heavy (non-hydrogen) atoms. The van der Waals surface area contributed by atoms with E-state index in [0.717, 1.165) is 56.5 Å². The Morgan fingerprint density at radius 1 is 1.20 bits per heavy atom. The minimum atomic E-state index is -1.46. The number of esters is 1. The van der Waals surface area contributed by atoms with Crippen LogP contribution in [0.1, 0.15) is 49.8 Å². The maximum atomic E-state index is 13.3. The minimum Gasteiger partial charge on any atom is -0.459 e. The lowest BCUT2D eigenvalue weighted by Gasteiger charge is -2.46. The zero-order chi connectivity index (χ0) is 17.4. The maximum Gasteiger partial charge on any atom is 0.344 e. The van der Waals surface area contributed by atoms with Crippen molar-refractivity contribution in [1.29, 1.82) is 0 Å². The van der Waals surface area contributed by atoms with Crippen molar-refractivity contribution in [2.45, 2.75) is 56.7 Å². The molecule has 2 bridgehead atoms. The van der Waals surface area contributed by atoms with Gasteiger partial charge in [-0.3, -0.25) is 0 Å². The normalized spacial score (nSPS) is 33.1. The summed E-state index contributed by atoms with van der Waals surface area (Å²) in [6, 6.07) is 3.80. The van der Waals surface area contributed by atoms with Gasteiger partial charge < -0.3 is 14.7 Å². The first-order valence-electron chi connectivity index (χ1n) is 9.75. The van der Waals surface area contributed by atoms with Crippen molar-refractivity contribution in [2.24, 2.45) is 17.8 Å². The highest BCUT2D eigenvalue weighted by atomic mass is 32.1. The third kappa shape index (κ3) is 3.15. The molecule has 138 valence electrons. The molecule has 0 amide bonds. The maximum absolute atomic E-state index is 13.3. The Labute approximate surface area is 154 Å². The van der Waals surface area contributed by atoms with Crippen molar-refractivity contribution in [2.75, 3.05) is 20.1 Å². The average molecular weight is 364 g/mol. The Balaban J connectivity index is 1.57. The van der Waals surface area contributed by atoms with Gasteiger partial charge >= 0.3 is 5.97 Å². The van der Waals surface area contributed by atoms with Gasteiger partial charge in [-0.15, -0.1) is 11.3 Å². The molecule has 2 heterocycles. The van der Waals surface area contributed by atoms with Crippen LogP contribution in [0.2, 0.25) is 0 Å². The number of rotatable bonds is 4. The molecular weight excluding hydrogens is 334 g/mol. The number of carbonyl (C=O) groups excluding carboxylic acids is 1. The predicted molar refractivity (Wildman–Crippen MR) is 98.4 cm³/mol. The van der Waals surface area contributed by atoms with Crippen molar-refractivity contribution in [1.82, 2.24) is 4.90 Å². The van der Waals surface area contributed by atoms with E-state index in [4.69, 9.17) is 4.74 Å². The van der Waals surface area contributed by atoms with Gasteiger partial charge in [-0.2, -0.15) is 0 Å². The van der Waals surface area contributed by atoms with Crippen LogP contribution >= 0.6 is 11.3 Å². The first kappa shape index (κ1) is 17.5. The van der Waals surface area contributed by atoms with Crippen LogP contribution in [-0.2, 0) is 15.1 Å². The molecule has 2 saturated carbocycles. The predicted octanol–water partition coefficient (Wildman–Crippen LogP) is 3.40. The Bertz CT molecular complexity index is 584. The molecular formula is C20H29NO3S. The van der Waals surface area contributed by atoms with Gasteiger partial charge in [-0.05, 0) is 44.2 Å². The van der Waals surface area contributed by atoms with Crippen molar-refractivity contribution >= 4 is 17.3 Å². The fourth-order valence-corrected chi connectivity index (χ4v) is 6.23. The Kier molecular flexibility index (Phi) is 4.91. The second kappa shape index (κ2) is 7.01. The van der Waals surface area contributed by atoms with Gasteiger partial charge in [0.05, 0.1) is 0 Å². The number of fused-ring (bicyclic) bond motifs is 2. The number of piperidine rings is 1. The molecule has 0 aromatic carbocycles. The lowest BCUT2D eigenvalue weighted by Crippen LogP contribution is -2.54. The van der Waals surface area contributed by atoms with E-state index in [0.29, 0.717) is 11.8 Å². The molecule has 0 spiro atoms. The highest BCUT2D eigenvalue weighted by molar-refractivity contribution is 7.10. The quantitative estimate of drug-likeness (QED) is 0.833. The van der Waals surface area contributed by atoms with Gasteiger partial charge in [0.2, 0.25) is 0 Å². The molecule has 5 heteroatoms.